The maximum Gasteiger partial charge on any atom is 0.240 e. The number of sulfonamides is 1. The molecule has 0 spiro atoms. The highest BCUT2D eigenvalue weighted by Gasteiger charge is 2.12. The second kappa shape index (κ2) is 7.83. The van der Waals surface area contributed by atoms with E-state index in [0.717, 1.165) is 16.7 Å². The van der Waals surface area contributed by atoms with Crippen LogP contribution in [0.1, 0.15) is 5.56 Å². The van der Waals surface area contributed by atoms with E-state index in [1.165, 1.54) is 0 Å². The van der Waals surface area contributed by atoms with Gasteiger partial charge in [-0.25, -0.2) is 13.1 Å². The van der Waals surface area contributed by atoms with Crippen LogP contribution in [-0.4, -0.2) is 15.0 Å². The molecule has 0 saturated heterocycles. The summed E-state index contributed by atoms with van der Waals surface area (Å²) >= 11 is 6.05. The molecule has 0 fully saturated rings. The topological polar surface area (TPSA) is 46.2 Å². The summed E-state index contributed by atoms with van der Waals surface area (Å²) in [4.78, 5) is 0.280. The van der Waals surface area contributed by atoms with Gasteiger partial charge in [0.25, 0.3) is 0 Å². The summed E-state index contributed by atoms with van der Waals surface area (Å²) in [6.07, 6.45) is 0.612. The molecule has 3 rings (SSSR count). The molecule has 25 heavy (non-hydrogen) atoms. The Morgan fingerprint density at radius 2 is 1.48 bits per heavy atom. The van der Waals surface area contributed by atoms with Crippen molar-refractivity contribution in [3.8, 4) is 11.1 Å². The maximum absolute atomic E-state index is 12.2. The monoisotopic (exact) mass is 371 g/mol. The quantitative estimate of drug-likeness (QED) is 0.692. The number of hydrogen-bond acceptors (Lipinski definition) is 2. The Labute approximate surface area is 153 Å². The van der Waals surface area contributed by atoms with E-state index in [2.05, 4.69) is 10.8 Å². The average molecular weight is 372 g/mol. The zero-order valence-electron chi connectivity index (χ0n) is 13.5. The molecule has 0 aliphatic carbocycles. The van der Waals surface area contributed by atoms with Crippen LogP contribution in [0, 0.1) is 0 Å². The molecular formula is C20H18ClNO2S. The number of benzene rings is 3. The van der Waals surface area contributed by atoms with Crippen molar-refractivity contribution in [1.29, 1.82) is 0 Å². The van der Waals surface area contributed by atoms with Crippen LogP contribution in [0.2, 0.25) is 5.02 Å². The third kappa shape index (κ3) is 4.69. The fraction of sp³-hybridized carbons (Fsp3) is 0.100. The van der Waals surface area contributed by atoms with Crippen LogP contribution in [0.25, 0.3) is 11.1 Å². The highest BCUT2D eigenvalue weighted by Crippen LogP contribution is 2.23. The normalized spacial score (nSPS) is 11.4. The molecule has 3 nitrogen and oxygen atoms in total. The van der Waals surface area contributed by atoms with E-state index in [1.807, 2.05) is 42.5 Å². The molecular weight excluding hydrogens is 354 g/mol. The highest BCUT2D eigenvalue weighted by molar-refractivity contribution is 7.89. The van der Waals surface area contributed by atoms with Crippen molar-refractivity contribution in [2.45, 2.75) is 11.3 Å². The summed E-state index contributed by atoms with van der Waals surface area (Å²) in [5.41, 5.74) is 3.17. The Kier molecular flexibility index (Phi) is 5.53. The van der Waals surface area contributed by atoms with Crippen molar-refractivity contribution in [3.05, 3.63) is 89.4 Å². The first-order chi connectivity index (χ1) is 12.0. The lowest BCUT2D eigenvalue weighted by atomic mass is 10.0. The highest BCUT2D eigenvalue weighted by atomic mass is 35.5. The van der Waals surface area contributed by atoms with Crippen molar-refractivity contribution in [3.63, 3.8) is 0 Å². The van der Waals surface area contributed by atoms with E-state index in [4.69, 9.17) is 11.6 Å². The van der Waals surface area contributed by atoms with Crippen LogP contribution in [-0.2, 0) is 16.4 Å². The van der Waals surface area contributed by atoms with Gasteiger partial charge < -0.3 is 0 Å². The summed E-state index contributed by atoms with van der Waals surface area (Å²) in [7, 11) is -3.47. The second-order valence-corrected chi connectivity index (χ2v) is 7.87. The predicted octanol–water partition coefficient (Wildman–Crippen LogP) is 4.53. The minimum Gasteiger partial charge on any atom is -0.211 e. The molecule has 3 aromatic rings. The van der Waals surface area contributed by atoms with Crippen molar-refractivity contribution in [2.75, 3.05) is 6.54 Å². The first kappa shape index (κ1) is 17.7. The summed E-state index contributed by atoms with van der Waals surface area (Å²) in [6, 6.07) is 24.1. The third-order valence-electron chi connectivity index (χ3n) is 3.84. The molecule has 3 aromatic carbocycles. The van der Waals surface area contributed by atoms with Gasteiger partial charge in [-0.1, -0.05) is 66.2 Å². The first-order valence-corrected chi connectivity index (χ1v) is 9.80. The van der Waals surface area contributed by atoms with Gasteiger partial charge >= 0.3 is 0 Å². The molecule has 0 unspecified atom stereocenters. The van der Waals surface area contributed by atoms with E-state index in [1.54, 1.807) is 30.3 Å². The minimum atomic E-state index is -3.47. The predicted molar refractivity (Wildman–Crippen MR) is 102 cm³/mol. The molecule has 0 aromatic heterocycles. The van der Waals surface area contributed by atoms with Gasteiger partial charge in [0.1, 0.15) is 0 Å². The van der Waals surface area contributed by atoms with Crippen LogP contribution in [0.15, 0.2) is 83.8 Å². The smallest absolute Gasteiger partial charge is 0.211 e. The van der Waals surface area contributed by atoms with Crippen molar-refractivity contribution in [2.24, 2.45) is 0 Å². The summed E-state index contributed by atoms with van der Waals surface area (Å²) < 4.78 is 27.1. The van der Waals surface area contributed by atoms with Crippen molar-refractivity contribution >= 4 is 21.6 Å². The zero-order valence-corrected chi connectivity index (χ0v) is 15.1. The first-order valence-electron chi connectivity index (χ1n) is 7.94. The van der Waals surface area contributed by atoms with Gasteiger partial charge in [0.15, 0.2) is 0 Å². The Hall–Kier alpha value is -2.14. The maximum atomic E-state index is 12.2. The second-order valence-electron chi connectivity index (χ2n) is 5.67. The van der Waals surface area contributed by atoms with E-state index in [-0.39, 0.29) is 4.90 Å². The molecule has 0 heterocycles. The lowest BCUT2D eigenvalue weighted by Gasteiger charge is -2.08. The van der Waals surface area contributed by atoms with Gasteiger partial charge in [0.2, 0.25) is 10.0 Å². The van der Waals surface area contributed by atoms with Gasteiger partial charge in [-0.15, -0.1) is 0 Å². The fourth-order valence-corrected chi connectivity index (χ4v) is 3.83. The number of hydrogen-bond donors (Lipinski definition) is 1. The average Bonchev–Trinajstić information content (AvgIpc) is 2.63. The lowest BCUT2D eigenvalue weighted by Crippen LogP contribution is -2.25. The standard InChI is InChI=1S/C20H18ClNO2S/c21-19-9-5-8-18(15-19)17-7-4-6-16(14-17)12-13-22-25(23,24)20-10-2-1-3-11-20/h1-11,14-15,22H,12-13H2. The third-order valence-corrected chi connectivity index (χ3v) is 5.56. The van der Waals surface area contributed by atoms with Crippen molar-refractivity contribution < 1.29 is 8.42 Å². The Balaban J connectivity index is 1.67. The van der Waals surface area contributed by atoms with E-state index < -0.39 is 10.0 Å². The van der Waals surface area contributed by atoms with Crippen LogP contribution in [0.3, 0.4) is 0 Å². The van der Waals surface area contributed by atoms with Crippen LogP contribution in [0.4, 0.5) is 0 Å². The van der Waals surface area contributed by atoms with E-state index in [0.29, 0.717) is 18.0 Å². The Morgan fingerprint density at radius 3 is 2.20 bits per heavy atom. The molecule has 1 N–H and O–H groups in total. The summed E-state index contributed by atoms with van der Waals surface area (Å²) in [6.45, 7) is 0.343. The minimum absolute atomic E-state index is 0.280. The zero-order chi connectivity index (χ0) is 17.7. The molecule has 0 radical (unpaired) electrons. The summed E-state index contributed by atoms with van der Waals surface area (Å²) in [5.74, 6) is 0. The molecule has 0 saturated carbocycles. The molecule has 0 aliphatic heterocycles. The lowest BCUT2D eigenvalue weighted by molar-refractivity contribution is 0.581. The number of rotatable bonds is 6. The van der Waals surface area contributed by atoms with Crippen molar-refractivity contribution in [1.82, 2.24) is 4.72 Å². The van der Waals surface area contributed by atoms with Gasteiger partial charge in [-0.2, -0.15) is 0 Å². The molecule has 0 aliphatic rings. The van der Waals surface area contributed by atoms with E-state index in [9.17, 15) is 8.42 Å². The largest absolute Gasteiger partial charge is 0.240 e. The number of nitrogens with one attached hydrogen (secondary N) is 1. The van der Waals surface area contributed by atoms with Gasteiger partial charge in [0, 0.05) is 11.6 Å². The summed E-state index contributed by atoms with van der Waals surface area (Å²) in [5, 5.41) is 0.693. The molecule has 0 bridgehead atoms. The molecule has 5 heteroatoms. The van der Waals surface area contributed by atoms with Crippen LogP contribution in [0.5, 0.6) is 0 Å². The molecule has 0 amide bonds. The fourth-order valence-electron chi connectivity index (χ4n) is 2.59. The van der Waals surface area contributed by atoms with Crippen LogP contribution < -0.4 is 4.72 Å². The number of halogens is 1. The Morgan fingerprint density at radius 1 is 0.800 bits per heavy atom. The molecule has 0 atom stereocenters. The van der Waals surface area contributed by atoms with E-state index >= 15 is 0 Å². The van der Waals surface area contributed by atoms with Gasteiger partial charge in [-0.05, 0) is 47.4 Å². The molecule has 128 valence electrons. The van der Waals surface area contributed by atoms with Gasteiger partial charge in [-0.3, -0.25) is 0 Å². The van der Waals surface area contributed by atoms with Gasteiger partial charge in [0.05, 0.1) is 4.90 Å². The SMILES string of the molecule is O=S(=O)(NCCc1cccc(-c2cccc(Cl)c2)c1)c1ccccc1. The van der Waals surface area contributed by atoms with Crippen LogP contribution >= 0.6 is 11.6 Å². The Bertz CT molecular complexity index is 956.